The molecule has 1 fully saturated rings. The molecule has 1 heterocycles. The second kappa shape index (κ2) is 6.75. The van der Waals surface area contributed by atoms with Crippen molar-refractivity contribution in [1.82, 2.24) is 15.1 Å². The minimum atomic E-state index is 0.0774. The Hall–Kier alpha value is -1.55. The molecule has 2 amide bonds. The zero-order chi connectivity index (χ0) is 17.3. The average Bonchev–Trinajstić information content (AvgIpc) is 2.88. The Kier molecular flexibility index (Phi) is 4.86. The fourth-order valence-corrected chi connectivity index (χ4v) is 4.49. The van der Waals surface area contributed by atoms with Crippen molar-refractivity contribution in [1.29, 1.82) is 0 Å². The number of hydrogen-bond donors (Lipinski definition) is 1. The summed E-state index contributed by atoms with van der Waals surface area (Å²) in [6.07, 6.45) is 3.17. The molecule has 0 saturated carbocycles. The van der Waals surface area contributed by atoms with Gasteiger partial charge in [0.1, 0.15) is 0 Å². The fourth-order valence-electron chi connectivity index (χ4n) is 4.49. The molecule has 132 valence electrons. The number of piperidine rings is 1. The molecule has 1 aromatic rings. The molecular weight excluding hydrogens is 298 g/mol. The van der Waals surface area contributed by atoms with Crippen molar-refractivity contribution in [2.24, 2.45) is 11.3 Å². The quantitative estimate of drug-likeness (QED) is 0.925. The summed E-state index contributed by atoms with van der Waals surface area (Å²) in [5, 5.41) is 3.20. The highest BCUT2D eigenvalue weighted by Crippen LogP contribution is 2.36. The van der Waals surface area contributed by atoms with Crippen LogP contribution >= 0.6 is 0 Å². The molecule has 0 bridgehead atoms. The number of carbonyl (C=O) groups excluding carboxylic acids is 1. The molecule has 1 aromatic carbocycles. The largest absolute Gasteiger partial charge is 0.337 e. The third kappa shape index (κ3) is 3.59. The highest BCUT2D eigenvalue weighted by Gasteiger charge is 2.34. The van der Waals surface area contributed by atoms with Gasteiger partial charge in [0.25, 0.3) is 0 Å². The summed E-state index contributed by atoms with van der Waals surface area (Å²) in [6, 6.07) is 9.07. The Balaban J connectivity index is 1.54. The second-order valence-corrected chi connectivity index (χ2v) is 8.30. The fraction of sp³-hybridized carbons (Fsp3) is 0.650. The summed E-state index contributed by atoms with van der Waals surface area (Å²) in [4.78, 5) is 16.9. The summed E-state index contributed by atoms with van der Waals surface area (Å²) in [7, 11) is 4.11. The zero-order valence-corrected chi connectivity index (χ0v) is 15.5. The summed E-state index contributed by atoms with van der Waals surface area (Å²) in [5.74, 6) is 0.519. The van der Waals surface area contributed by atoms with Crippen LogP contribution in [-0.2, 0) is 12.8 Å². The van der Waals surface area contributed by atoms with Gasteiger partial charge in [0.2, 0.25) is 0 Å². The summed E-state index contributed by atoms with van der Waals surface area (Å²) in [5.41, 5.74) is 3.01. The standard InChI is InChI=1S/C20H31N3O/c1-15-13-22(3)10-9-18(15)23(4)19(24)21-14-20(2)11-16-7-5-6-8-17(16)12-20/h5-8,15,18H,9-14H2,1-4H3,(H,21,24)/t15-,18-/m1/s1. The normalized spacial score (nSPS) is 26.0. The highest BCUT2D eigenvalue weighted by molar-refractivity contribution is 5.74. The Morgan fingerprint density at radius 2 is 1.96 bits per heavy atom. The van der Waals surface area contributed by atoms with E-state index in [-0.39, 0.29) is 11.4 Å². The van der Waals surface area contributed by atoms with Crippen LogP contribution < -0.4 is 5.32 Å². The monoisotopic (exact) mass is 329 g/mol. The Labute approximate surface area is 146 Å². The van der Waals surface area contributed by atoms with E-state index < -0.39 is 0 Å². The predicted molar refractivity (Wildman–Crippen MR) is 98.2 cm³/mol. The first kappa shape index (κ1) is 17.3. The van der Waals surface area contributed by atoms with Gasteiger partial charge in [-0.15, -0.1) is 0 Å². The summed E-state index contributed by atoms with van der Waals surface area (Å²) >= 11 is 0. The van der Waals surface area contributed by atoms with Crippen LogP contribution in [0, 0.1) is 11.3 Å². The van der Waals surface area contributed by atoms with Gasteiger partial charge >= 0.3 is 6.03 Å². The van der Waals surface area contributed by atoms with Crippen molar-refractivity contribution >= 4 is 6.03 Å². The van der Waals surface area contributed by atoms with E-state index in [9.17, 15) is 4.79 Å². The average molecular weight is 329 g/mol. The lowest BCUT2D eigenvalue weighted by molar-refractivity contribution is 0.106. The molecule has 0 radical (unpaired) electrons. The van der Waals surface area contributed by atoms with Crippen LogP contribution in [0.2, 0.25) is 0 Å². The molecule has 3 rings (SSSR count). The lowest BCUT2D eigenvalue weighted by atomic mass is 9.87. The maximum Gasteiger partial charge on any atom is 0.317 e. The minimum absolute atomic E-state index is 0.0774. The molecule has 0 unspecified atom stereocenters. The van der Waals surface area contributed by atoms with Gasteiger partial charge in [-0.25, -0.2) is 4.79 Å². The van der Waals surface area contributed by atoms with Crippen LogP contribution in [0.4, 0.5) is 4.79 Å². The molecule has 1 N–H and O–H groups in total. The van der Waals surface area contributed by atoms with Crippen molar-refractivity contribution in [2.75, 3.05) is 33.7 Å². The molecule has 2 aliphatic rings. The highest BCUT2D eigenvalue weighted by atomic mass is 16.2. The van der Waals surface area contributed by atoms with E-state index in [1.54, 1.807) is 0 Å². The maximum atomic E-state index is 12.6. The first-order chi connectivity index (χ1) is 11.4. The van der Waals surface area contributed by atoms with Crippen molar-refractivity contribution < 1.29 is 4.79 Å². The smallest absolute Gasteiger partial charge is 0.317 e. The van der Waals surface area contributed by atoms with Crippen LogP contribution in [0.1, 0.15) is 31.4 Å². The van der Waals surface area contributed by atoms with Gasteiger partial charge in [0.15, 0.2) is 0 Å². The number of nitrogens with zero attached hydrogens (tertiary/aromatic N) is 2. The van der Waals surface area contributed by atoms with E-state index in [2.05, 4.69) is 55.4 Å². The number of urea groups is 1. The maximum absolute atomic E-state index is 12.6. The third-order valence-corrected chi connectivity index (χ3v) is 5.90. The first-order valence-corrected chi connectivity index (χ1v) is 9.14. The predicted octanol–water partition coefficient (Wildman–Crippen LogP) is 2.77. The lowest BCUT2D eigenvalue weighted by Gasteiger charge is -2.40. The minimum Gasteiger partial charge on any atom is -0.337 e. The van der Waals surface area contributed by atoms with Gasteiger partial charge in [-0.3, -0.25) is 0 Å². The molecule has 24 heavy (non-hydrogen) atoms. The Bertz CT molecular complexity index is 575. The Morgan fingerprint density at radius 3 is 2.54 bits per heavy atom. The Morgan fingerprint density at radius 1 is 1.33 bits per heavy atom. The molecule has 0 spiro atoms. The molecule has 1 saturated heterocycles. The van der Waals surface area contributed by atoms with Crippen molar-refractivity contribution in [3.63, 3.8) is 0 Å². The van der Waals surface area contributed by atoms with E-state index >= 15 is 0 Å². The lowest BCUT2D eigenvalue weighted by Crippen LogP contribution is -2.53. The van der Waals surface area contributed by atoms with Crippen molar-refractivity contribution in [2.45, 2.75) is 39.2 Å². The molecule has 2 atom stereocenters. The zero-order valence-electron chi connectivity index (χ0n) is 15.5. The van der Waals surface area contributed by atoms with Gasteiger partial charge < -0.3 is 15.1 Å². The molecule has 4 nitrogen and oxygen atoms in total. The molecular formula is C20H31N3O. The molecule has 4 heteroatoms. The topological polar surface area (TPSA) is 35.6 Å². The number of nitrogens with one attached hydrogen (secondary N) is 1. The number of rotatable bonds is 3. The molecule has 0 aromatic heterocycles. The van der Waals surface area contributed by atoms with E-state index in [0.29, 0.717) is 12.0 Å². The van der Waals surface area contributed by atoms with Gasteiger partial charge in [0, 0.05) is 26.2 Å². The molecule has 1 aliphatic carbocycles. The van der Waals surface area contributed by atoms with Gasteiger partial charge in [-0.2, -0.15) is 0 Å². The van der Waals surface area contributed by atoms with E-state index in [1.807, 2.05) is 11.9 Å². The number of likely N-dealkylation sites (tertiary alicyclic amines) is 1. The first-order valence-electron chi connectivity index (χ1n) is 9.14. The van der Waals surface area contributed by atoms with Crippen LogP contribution in [0.3, 0.4) is 0 Å². The van der Waals surface area contributed by atoms with Gasteiger partial charge in [-0.1, -0.05) is 38.1 Å². The van der Waals surface area contributed by atoms with Crippen LogP contribution in [0.15, 0.2) is 24.3 Å². The summed E-state index contributed by atoms with van der Waals surface area (Å²) < 4.78 is 0. The number of carbonyl (C=O) groups is 1. The number of hydrogen-bond acceptors (Lipinski definition) is 2. The second-order valence-electron chi connectivity index (χ2n) is 8.30. The van der Waals surface area contributed by atoms with E-state index in [1.165, 1.54) is 11.1 Å². The number of amides is 2. The van der Waals surface area contributed by atoms with Crippen molar-refractivity contribution in [3.05, 3.63) is 35.4 Å². The van der Waals surface area contributed by atoms with Crippen LogP contribution in [0.25, 0.3) is 0 Å². The van der Waals surface area contributed by atoms with Gasteiger partial charge in [-0.05, 0) is 55.3 Å². The van der Waals surface area contributed by atoms with E-state index in [0.717, 1.165) is 38.9 Å². The molecule has 1 aliphatic heterocycles. The number of benzene rings is 1. The SMILES string of the molecule is C[C@@H]1CN(C)CC[C@H]1N(C)C(=O)NCC1(C)Cc2ccccc2C1. The third-order valence-electron chi connectivity index (χ3n) is 5.90. The number of fused-ring (bicyclic) bond motifs is 1. The van der Waals surface area contributed by atoms with Crippen molar-refractivity contribution in [3.8, 4) is 0 Å². The van der Waals surface area contributed by atoms with Crippen LogP contribution in [-0.4, -0.2) is 55.6 Å². The van der Waals surface area contributed by atoms with Crippen LogP contribution in [0.5, 0.6) is 0 Å². The van der Waals surface area contributed by atoms with Gasteiger partial charge in [0.05, 0.1) is 0 Å². The summed E-state index contributed by atoms with van der Waals surface area (Å²) in [6.45, 7) is 7.41. The van der Waals surface area contributed by atoms with E-state index in [4.69, 9.17) is 0 Å².